The summed E-state index contributed by atoms with van der Waals surface area (Å²) < 4.78 is 38.3. The van der Waals surface area contributed by atoms with Gasteiger partial charge in [0.25, 0.3) is 5.91 Å². The van der Waals surface area contributed by atoms with E-state index in [-0.39, 0.29) is 10.8 Å². The second-order valence-corrected chi connectivity index (χ2v) is 9.37. The van der Waals surface area contributed by atoms with E-state index < -0.39 is 16.1 Å². The Hall–Kier alpha value is -2.42. The predicted molar refractivity (Wildman–Crippen MR) is 112 cm³/mol. The molecule has 7 nitrogen and oxygen atoms in total. The van der Waals surface area contributed by atoms with Gasteiger partial charge in [0.1, 0.15) is 5.75 Å². The van der Waals surface area contributed by atoms with Gasteiger partial charge in [-0.15, -0.1) is 0 Å². The molecule has 160 valence electrons. The number of carbonyl (C=O) groups is 1. The molecule has 4 rings (SSSR count). The van der Waals surface area contributed by atoms with Crippen molar-refractivity contribution in [1.82, 2.24) is 9.21 Å². The molecule has 2 aliphatic heterocycles. The van der Waals surface area contributed by atoms with Gasteiger partial charge in [0.2, 0.25) is 16.1 Å². The molecule has 2 aliphatic rings. The molecule has 1 unspecified atom stereocenters. The van der Waals surface area contributed by atoms with Gasteiger partial charge in [-0.2, -0.15) is 4.31 Å². The monoisotopic (exact) mass is 430 g/mol. The summed E-state index contributed by atoms with van der Waals surface area (Å²) in [4.78, 5) is 15.1. The smallest absolute Gasteiger partial charge is 0.268 e. The molecule has 8 heteroatoms. The van der Waals surface area contributed by atoms with Crippen molar-refractivity contribution in [3.8, 4) is 5.75 Å². The molecule has 0 aliphatic carbocycles. The van der Waals surface area contributed by atoms with Crippen LogP contribution in [0.15, 0.2) is 59.5 Å². The zero-order valence-corrected chi connectivity index (χ0v) is 17.6. The fourth-order valence-electron chi connectivity index (χ4n) is 3.75. The SMILES string of the molecule is O=C(C(Oc1ccc(S(=O)(=O)N2CCOCC2)cc1)c1ccccc1)N1CCCC1. The number of amides is 1. The van der Waals surface area contributed by atoms with Crippen LogP contribution in [-0.4, -0.2) is 62.9 Å². The molecule has 0 spiro atoms. The van der Waals surface area contributed by atoms with Gasteiger partial charge in [-0.3, -0.25) is 4.79 Å². The summed E-state index contributed by atoms with van der Waals surface area (Å²) in [6.07, 6.45) is 1.24. The first-order chi connectivity index (χ1) is 14.6. The largest absolute Gasteiger partial charge is 0.476 e. The second kappa shape index (κ2) is 9.16. The van der Waals surface area contributed by atoms with Gasteiger partial charge in [-0.25, -0.2) is 8.42 Å². The Labute approximate surface area is 177 Å². The molecule has 0 aromatic heterocycles. The van der Waals surface area contributed by atoms with Crippen LogP contribution >= 0.6 is 0 Å². The lowest BCUT2D eigenvalue weighted by molar-refractivity contribution is -0.137. The number of benzene rings is 2. The Kier molecular flexibility index (Phi) is 6.36. The van der Waals surface area contributed by atoms with Crippen molar-refractivity contribution < 1.29 is 22.7 Å². The maximum absolute atomic E-state index is 13.1. The molecule has 2 saturated heterocycles. The first-order valence-electron chi connectivity index (χ1n) is 10.2. The van der Waals surface area contributed by atoms with Crippen LogP contribution < -0.4 is 4.74 Å². The summed E-state index contributed by atoms with van der Waals surface area (Å²) in [5.74, 6) is 0.390. The predicted octanol–water partition coefficient (Wildman–Crippen LogP) is 2.45. The Bertz CT molecular complexity index is 951. The zero-order valence-electron chi connectivity index (χ0n) is 16.8. The lowest BCUT2D eigenvalue weighted by atomic mass is 10.1. The number of ether oxygens (including phenoxy) is 2. The molecule has 2 aromatic carbocycles. The van der Waals surface area contributed by atoms with Crippen molar-refractivity contribution in [2.45, 2.75) is 23.8 Å². The van der Waals surface area contributed by atoms with Crippen LogP contribution in [0.5, 0.6) is 5.75 Å². The molecule has 0 N–H and O–H groups in total. The van der Waals surface area contributed by atoms with Crippen molar-refractivity contribution in [1.29, 1.82) is 0 Å². The van der Waals surface area contributed by atoms with Gasteiger partial charge in [0.05, 0.1) is 18.1 Å². The number of nitrogens with zero attached hydrogens (tertiary/aromatic N) is 2. The van der Waals surface area contributed by atoms with Gasteiger partial charge < -0.3 is 14.4 Å². The number of morpholine rings is 1. The van der Waals surface area contributed by atoms with E-state index in [9.17, 15) is 13.2 Å². The van der Waals surface area contributed by atoms with E-state index in [2.05, 4.69) is 0 Å². The number of sulfonamides is 1. The van der Waals surface area contributed by atoms with Crippen molar-refractivity contribution in [3.63, 3.8) is 0 Å². The minimum absolute atomic E-state index is 0.0660. The van der Waals surface area contributed by atoms with Crippen molar-refractivity contribution in [3.05, 3.63) is 60.2 Å². The van der Waals surface area contributed by atoms with Crippen LogP contribution in [-0.2, 0) is 19.6 Å². The Morgan fingerprint density at radius 3 is 2.17 bits per heavy atom. The Morgan fingerprint density at radius 2 is 1.53 bits per heavy atom. The minimum atomic E-state index is -3.57. The number of carbonyl (C=O) groups excluding carboxylic acids is 1. The summed E-state index contributed by atoms with van der Waals surface area (Å²) >= 11 is 0. The molecule has 1 amide bonds. The first kappa shape index (κ1) is 20.8. The summed E-state index contributed by atoms with van der Waals surface area (Å²) in [5, 5.41) is 0. The second-order valence-electron chi connectivity index (χ2n) is 7.43. The minimum Gasteiger partial charge on any atom is -0.476 e. The van der Waals surface area contributed by atoms with Crippen LogP contribution in [0.2, 0.25) is 0 Å². The molecular formula is C22H26N2O5S. The number of rotatable bonds is 6. The molecule has 2 aromatic rings. The van der Waals surface area contributed by atoms with Crippen LogP contribution in [0.4, 0.5) is 0 Å². The maximum atomic E-state index is 13.1. The third-order valence-electron chi connectivity index (χ3n) is 5.43. The van der Waals surface area contributed by atoms with Gasteiger partial charge >= 0.3 is 0 Å². The average molecular weight is 431 g/mol. The van der Waals surface area contributed by atoms with E-state index in [1.165, 1.54) is 16.4 Å². The molecule has 0 bridgehead atoms. The van der Waals surface area contributed by atoms with Gasteiger partial charge in [-0.05, 0) is 37.1 Å². The standard InChI is InChI=1S/C22H26N2O5S/c25-22(23-12-4-5-13-23)21(18-6-2-1-3-7-18)29-19-8-10-20(11-9-19)30(26,27)24-14-16-28-17-15-24/h1-3,6-11,21H,4-5,12-17H2. The molecule has 2 heterocycles. The highest BCUT2D eigenvalue weighted by Crippen LogP contribution is 2.27. The van der Waals surface area contributed by atoms with E-state index in [4.69, 9.17) is 9.47 Å². The fraction of sp³-hybridized carbons (Fsp3) is 0.409. The lowest BCUT2D eigenvalue weighted by Crippen LogP contribution is -2.40. The highest BCUT2D eigenvalue weighted by atomic mass is 32.2. The molecular weight excluding hydrogens is 404 g/mol. The van der Waals surface area contributed by atoms with Crippen molar-refractivity contribution >= 4 is 15.9 Å². The van der Waals surface area contributed by atoms with Gasteiger partial charge in [0.15, 0.2) is 0 Å². The third-order valence-corrected chi connectivity index (χ3v) is 7.34. The number of likely N-dealkylation sites (tertiary alicyclic amines) is 1. The molecule has 0 radical (unpaired) electrons. The summed E-state index contributed by atoms with van der Waals surface area (Å²) in [7, 11) is -3.57. The van der Waals surface area contributed by atoms with Crippen LogP contribution in [0.25, 0.3) is 0 Å². The molecule has 30 heavy (non-hydrogen) atoms. The lowest BCUT2D eigenvalue weighted by Gasteiger charge is -2.26. The van der Waals surface area contributed by atoms with E-state index in [0.29, 0.717) is 32.1 Å². The topological polar surface area (TPSA) is 76.2 Å². The fourth-order valence-corrected chi connectivity index (χ4v) is 5.16. The number of hydrogen-bond donors (Lipinski definition) is 0. The quantitative estimate of drug-likeness (QED) is 0.704. The zero-order chi connectivity index (χ0) is 21.0. The van der Waals surface area contributed by atoms with Crippen LogP contribution in [0.3, 0.4) is 0 Å². The van der Waals surface area contributed by atoms with E-state index >= 15 is 0 Å². The van der Waals surface area contributed by atoms with E-state index in [1.54, 1.807) is 12.1 Å². The Balaban J connectivity index is 1.54. The normalized spacial score (nSPS) is 18.9. The first-order valence-corrected chi connectivity index (χ1v) is 11.7. The van der Waals surface area contributed by atoms with Crippen LogP contribution in [0.1, 0.15) is 24.5 Å². The molecule has 0 saturated carbocycles. The number of hydrogen-bond acceptors (Lipinski definition) is 5. The van der Waals surface area contributed by atoms with Crippen molar-refractivity contribution in [2.24, 2.45) is 0 Å². The third kappa shape index (κ3) is 4.50. The molecule has 1 atom stereocenters. The van der Waals surface area contributed by atoms with Gasteiger partial charge in [-0.1, -0.05) is 30.3 Å². The summed E-state index contributed by atoms with van der Waals surface area (Å²) in [5.41, 5.74) is 0.777. The van der Waals surface area contributed by atoms with Crippen molar-refractivity contribution in [2.75, 3.05) is 39.4 Å². The highest BCUT2D eigenvalue weighted by Gasteiger charge is 2.30. The molecule has 2 fully saturated rings. The summed E-state index contributed by atoms with van der Waals surface area (Å²) in [6, 6.07) is 15.7. The highest BCUT2D eigenvalue weighted by molar-refractivity contribution is 7.89. The Morgan fingerprint density at radius 1 is 0.900 bits per heavy atom. The van der Waals surface area contributed by atoms with Gasteiger partial charge in [0, 0.05) is 31.7 Å². The van der Waals surface area contributed by atoms with E-state index in [0.717, 1.165) is 31.5 Å². The van der Waals surface area contributed by atoms with E-state index in [1.807, 2.05) is 35.2 Å². The average Bonchev–Trinajstić information content (AvgIpc) is 3.34. The summed E-state index contributed by atoms with van der Waals surface area (Å²) in [6.45, 7) is 2.97. The maximum Gasteiger partial charge on any atom is 0.268 e. The van der Waals surface area contributed by atoms with Crippen LogP contribution in [0, 0.1) is 0 Å².